The first-order valence-corrected chi connectivity index (χ1v) is 10.0. The number of hydrogen-bond donors (Lipinski definition) is 1. The van der Waals surface area contributed by atoms with Crippen LogP contribution in [-0.4, -0.2) is 41.8 Å². The third kappa shape index (κ3) is 3.61. The molecule has 0 radical (unpaired) electrons. The number of carbonyl (C=O) groups is 1. The van der Waals surface area contributed by atoms with Crippen molar-refractivity contribution < 1.29 is 4.79 Å². The Morgan fingerprint density at radius 2 is 2.13 bits per heavy atom. The van der Waals surface area contributed by atoms with Crippen molar-refractivity contribution >= 4 is 45.0 Å². The van der Waals surface area contributed by atoms with Crippen LogP contribution < -0.4 is 10.2 Å². The lowest BCUT2D eigenvalue weighted by atomic mass is 10.2. The Labute approximate surface area is 144 Å². The van der Waals surface area contributed by atoms with Gasteiger partial charge in [-0.15, -0.1) is 11.3 Å². The number of fused-ring (bicyclic) bond motifs is 1. The molecule has 3 rings (SSSR count). The molecular formula is C16H22N4OS2. The molecule has 0 unspecified atom stereocenters. The van der Waals surface area contributed by atoms with Gasteiger partial charge in [-0.3, -0.25) is 4.79 Å². The lowest BCUT2D eigenvalue weighted by molar-refractivity contribution is 0.0953. The molecule has 1 fully saturated rings. The summed E-state index contributed by atoms with van der Waals surface area (Å²) in [7, 11) is 0. The number of hydrogen-bond acceptors (Lipinski definition) is 6. The van der Waals surface area contributed by atoms with Crippen molar-refractivity contribution in [3.8, 4) is 0 Å². The van der Waals surface area contributed by atoms with Crippen LogP contribution >= 0.6 is 23.1 Å². The second-order valence-corrected chi connectivity index (χ2v) is 7.97. The highest BCUT2D eigenvalue weighted by molar-refractivity contribution is 7.98. The van der Waals surface area contributed by atoms with Gasteiger partial charge < -0.3 is 10.2 Å². The Morgan fingerprint density at radius 1 is 1.39 bits per heavy atom. The normalized spacial score (nSPS) is 14.9. The van der Waals surface area contributed by atoms with E-state index in [2.05, 4.69) is 29.0 Å². The zero-order chi connectivity index (χ0) is 16.4. The predicted octanol–water partition coefficient (Wildman–Crippen LogP) is 3.40. The number of rotatable bonds is 5. The van der Waals surface area contributed by atoms with Crippen LogP contribution in [-0.2, 0) is 0 Å². The number of amides is 1. The molecule has 3 heterocycles. The van der Waals surface area contributed by atoms with E-state index in [0.29, 0.717) is 17.3 Å². The van der Waals surface area contributed by atoms with E-state index < -0.39 is 0 Å². The highest BCUT2D eigenvalue weighted by Gasteiger charge is 2.21. The summed E-state index contributed by atoms with van der Waals surface area (Å²) in [6.45, 7) is 6.93. The molecule has 23 heavy (non-hydrogen) atoms. The number of thiophene rings is 1. The van der Waals surface area contributed by atoms with Crippen molar-refractivity contribution in [3.05, 3.63) is 10.9 Å². The van der Waals surface area contributed by atoms with Gasteiger partial charge in [-0.25, -0.2) is 9.97 Å². The van der Waals surface area contributed by atoms with E-state index >= 15 is 0 Å². The molecule has 2 aromatic rings. The molecular weight excluding hydrogens is 328 g/mol. The largest absolute Gasteiger partial charge is 0.356 e. The van der Waals surface area contributed by atoms with E-state index in [1.54, 1.807) is 11.8 Å². The molecule has 0 atom stereocenters. The van der Waals surface area contributed by atoms with Crippen LogP contribution in [0, 0.1) is 5.92 Å². The van der Waals surface area contributed by atoms with Gasteiger partial charge in [0.15, 0.2) is 5.16 Å². The minimum atomic E-state index is -0.0141. The molecule has 1 saturated heterocycles. The van der Waals surface area contributed by atoms with Gasteiger partial charge in [-0.05, 0) is 31.1 Å². The van der Waals surface area contributed by atoms with Crippen LogP contribution in [0.2, 0.25) is 0 Å². The van der Waals surface area contributed by atoms with Crippen molar-refractivity contribution in [2.24, 2.45) is 5.92 Å². The SMILES string of the molecule is CSc1nc(N2CCCC2)c2cc(C(=O)NCC(C)C)sc2n1. The summed E-state index contributed by atoms with van der Waals surface area (Å²) in [6.07, 6.45) is 4.39. The van der Waals surface area contributed by atoms with Crippen molar-refractivity contribution in [2.75, 3.05) is 30.8 Å². The fourth-order valence-electron chi connectivity index (χ4n) is 2.64. The van der Waals surface area contributed by atoms with Gasteiger partial charge in [0.1, 0.15) is 10.6 Å². The molecule has 0 bridgehead atoms. The summed E-state index contributed by atoms with van der Waals surface area (Å²) in [5, 5.41) is 4.76. The highest BCUT2D eigenvalue weighted by atomic mass is 32.2. The van der Waals surface area contributed by atoms with Crippen LogP contribution in [0.25, 0.3) is 10.2 Å². The molecule has 1 aliphatic heterocycles. The average Bonchev–Trinajstić information content (AvgIpc) is 3.20. The van der Waals surface area contributed by atoms with Gasteiger partial charge >= 0.3 is 0 Å². The fourth-order valence-corrected chi connectivity index (χ4v) is 4.00. The van der Waals surface area contributed by atoms with E-state index in [-0.39, 0.29) is 5.91 Å². The van der Waals surface area contributed by atoms with Gasteiger partial charge in [-0.2, -0.15) is 0 Å². The molecule has 0 saturated carbocycles. The second kappa shape index (κ2) is 7.05. The lowest BCUT2D eigenvalue weighted by Crippen LogP contribution is -2.26. The maximum atomic E-state index is 12.3. The van der Waals surface area contributed by atoms with E-state index in [1.807, 2.05) is 12.3 Å². The van der Waals surface area contributed by atoms with E-state index in [4.69, 9.17) is 4.98 Å². The Bertz CT molecular complexity index is 707. The number of carbonyl (C=O) groups excluding carboxylic acids is 1. The smallest absolute Gasteiger partial charge is 0.261 e. The van der Waals surface area contributed by atoms with Gasteiger partial charge in [0.2, 0.25) is 0 Å². The first kappa shape index (κ1) is 16.5. The monoisotopic (exact) mass is 350 g/mol. The Morgan fingerprint density at radius 3 is 2.78 bits per heavy atom. The number of nitrogens with one attached hydrogen (secondary N) is 1. The maximum Gasteiger partial charge on any atom is 0.261 e. The van der Waals surface area contributed by atoms with Gasteiger partial charge in [0.05, 0.1) is 10.3 Å². The number of nitrogens with zero attached hydrogens (tertiary/aromatic N) is 3. The zero-order valence-corrected chi connectivity index (χ0v) is 15.4. The van der Waals surface area contributed by atoms with Gasteiger partial charge in [0.25, 0.3) is 5.91 Å². The van der Waals surface area contributed by atoms with Crippen molar-refractivity contribution in [1.29, 1.82) is 0 Å². The summed E-state index contributed by atoms with van der Waals surface area (Å²) in [5.74, 6) is 1.41. The highest BCUT2D eigenvalue weighted by Crippen LogP contribution is 2.34. The molecule has 5 nitrogen and oxygen atoms in total. The molecule has 2 aromatic heterocycles. The van der Waals surface area contributed by atoms with Crippen LogP contribution in [0.1, 0.15) is 36.4 Å². The van der Waals surface area contributed by atoms with E-state index in [0.717, 1.165) is 34.3 Å². The summed E-state index contributed by atoms with van der Waals surface area (Å²) in [4.78, 5) is 25.6. The molecule has 0 aliphatic carbocycles. The molecule has 7 heteroatoms. The summed E-state index contributed by atoms with van der Waals surface area (Å²) >= 11 is 3.00. The van der Waals surface area contributed by atoms with E-state index in [1.165, 1.54) is 24.2 Å². The van der Waals surface area contributed by atoms with Crippen LogP contribution in [0.15, 0.2) is 11.2 Å². The number of aromatic nitrogens is 2. The molecule has 124 valence electrons. The number of thioether (sulfide) groups is 1. The van der Waals surface area contributed by atoms with Crippen molar-refractivity contribution in [1.82, 2.24) is 15.3 Å². The van der Waals surface area contributed by atoms with Crippen molar-refractivity contribution in [2.45, 2.75) is 31.8 Å². The first-order chi connectivity index (χ1) is 11.1. The molecule has 1 N–H and O–H groups in total. The Kier molecular flexibility index (Phi) is 5.06. The van der Waals surface area contributed by atoms with Gasteiger partial charge in [-0.1, -0.05) is 25.6 Å². The van der Waals surface area contributed by atoms with Crippen molar-refractivity contribution in [3.63, 3.8) is 0 Å². The van der Waals surface area contributed by atoms with Gasteiger partial charge in [0, 0.05) is 19.6 Å². The quantitative estimate of drug-likeness (QED) is 0.661. The third-order valence-electron chi connectivity index (χ3n) is 3.83. The minimum Gasteiger partial charge on any atom is -0.356 e. The predicted molar refractivity (Wildman–Crippen MR) is 97.8 cm³/mol. The molecule has 0 spiro atoms. The molecule has 0 aromatic carbocycles. The summed E-state index contributed by atoms with van der Waals surface area (Å²) < 4.78 is 0. The average molecular weight is 351 g/mol. The lowest BCUT2D eigenvalue weighted by Gasteiger charge is -2.17. The molecule has 1 amide bonds. The summed E-state index contributed by atoms with van der Waals surface area (Å²) in [6, 6.07) is 1.95. The topological polar surface area (TPSA) is 58.1 Å². The zero-order valence-electron chi connectivity index (χ0n) is 13.8. The van der Waals surface area contributed by atoms with Crippen LogP contribution in [0.3, 0.4) is 0 Å². The minimum absolute atomic E-state index is 0.0141. The third-order valence-corrected chi connectivity index (χ3v) is 5.41. The Hall–Kier alpha value is -1.34. The maximum absolute atomic E-state index is 12.3. The van der Waals surface area contributed by atoms with E-state index in [9.17, 15) is 4.79 Å². The first-order valence-electron chi connectivity index (χ1n) is 7.97. The number of anilines is 1. The Balaban J connectivity index is 1.97. The summed E-state index contributed by atoms with van der Waals surface area (Å²) in [5.41, 5.74) is 0. The molecule has 1 aliphatic rings. The second-order valence-electron chi connectivity index (χ2n) is 6.16. The van der Waals surface area contributed by atoms with Crippen LogP contribution in [0.4, 0.5) is 5.82 Å². The van der Waals surface area contributed by atoms with Crippen LogP contribution in [0.5, 0.6) is 0 Å². The standard InChI is InChI=1S/C16H22N4OS2/c1-10(2)9-17-14(21)12-8-11-13(20-6-4-5-7-20)18-16(22-3)19-15(11)23-12/h8,10H,4-7,9H2,1-3H3,(H,17,21). The fraction of sp³-hybridized carbons (Fsp3) is 0.562.